The van der Waals surface area contributed by atoms with Crippen molar-refractivity contribution in [2.45, 2.75) is 20.4 Å². The lowest BCUT2D eigenvalue weighted by atomic mass is 10.1. The van der Waals surface area contributed by atoms with E-state index in [-0.39, 0.29) is 5.82 Å². The number of halogens is 1. The third-order valence-electron chi connectivity index (χ3n) is 2.55. The maximum atomic E-state index is 13.4. The Balaban J connectivity index is 2.10. The molecule has 0 unspecified atom stereocenters. The molecule has 0 amide bonds. The molecular formula is C13H14FN3. The first-order chi connectivity index (χ1) is 8.16. The van der Waals surface area contributed by atoms with Crippen molar-refractivity contribution in [2.75, 3.05) is 5.32 Å². The van der Waals surface area contributed by atoms with Crippen LogP contribution in [0.2, 0.25) is 0 Å². The zero-order chi connectivity index (χ0) is 12.3. The number of aryl methyl sites for hydroxylation is 2. The van der Waals surface area contributed by atoms with Crippen molar-refractivity contribution in [3.8, 4) is 0 Å². The molecule has 4 heteroatoms. The Hall–Kier alpha value is -1.97. The van der Waals surface area contributed by atoms with Crippen LogP contribution in [0.25, 0.3) is 0 Å². The smallest absolute Gasteiger partial charge is 0.129 e. The standard InChI is InChI=1S/C13H14FN3/c1-9-5-11(6-10(2)13(9)14)7-16-12-3-4-15-8-17-12/h3-6,8H,7H2,1-2H3,(H,15,16,17). The highest BCUT2D eigenvalue weighted by Gasteiger charge is 2.04. The SMILES string of the molecule is Cc1cc(CNc2ccncn2)cc(C)c1F. The Morgan fingerprint density at radius 1 is 1.24 bits per heavy atom. The number of nitrogens with one attached hydrogen (secondary N) is 1. The molecular weight excluding hydrogens is 217 g/mol. The largest absolute Gasteiger partial charge is 0.366 e. The first kappa shape index (κ1) is 11.5. The second-order valence-corrected chi connectivity index (χ2v) is 3.99. The summed E-state index contributed by atoms with van der Waals surface area (Å²) in [5.74, 6) is 0.635. The average Bonchev–Trinajstić information content (AvgIpc) is 2.34. The molecule has 0 aliphatic carbocycles. The summed E-state index contributed by atoms with van der Waals surface area (Å²) >= 11 is 0. The van der Waals surface area contributed by atoms with Gasteiger partial charge in [0, 0.05) is 12.7 Å². The highest BCUT2D eigenvalue weighted by Crippen LogP contribution is 2.15. The van der Waals surface area contributed by atoms with Crippen LogP contribution in [0.15, 0.2) is 30.7 Å². The van der Waals surface area contributed by atoms with Gasteiger partial charge in [0.1, 0.15) is 18.0 Å². The van der Waals surface area contributed by atoms with E-state index in [2.05, 4.69) is 15.3 Å². The number of benzene rings is 1. The number of rotatable bonds is 3. The minimum atomic E-state index is -0.129. The third kappa shape index (κ3) is 2.78. The van der Waals surface area contributed by atoms with E-state index in [1.165, 1.54) is 6.33 Å². The van der Waals surface area contributed by atoms with Gasteiger partial charge >= 0.3 is 0 Å². The van der Waals surface area contributed by atoms with Gasteiger partial charge in [-0.25, -0.2) is 14.4 Å². The molecule has 17 heavy (non-hydrogen) atoms. The maximum absolute atomic E-state index is 13.4. The molecule has 0 radical (unpaired) electrons. The summed E-state index contributed by atoms with van der Waals surface area (Å²) in [5.41, 5.74) is 2.38. The molecule has 3 nitrogen and oxygen atoms in total. The van der Waals surface area contributed by atoms with Crippen LogP contribution in [-0.4, -0.2) is 9.97 Å². The van der Waals surface area contributed by atoms with E-state index in [4.69, 9.17) is 0 Å². The predicted octanol–water partition coefficient (Wildman–Crippen LogP) is 2.84. The van der Waals surface area contributed by atoms with Crippen LogP contribution < -0.4 is 5.32 Å². The molecule has 88 valence electrons. The molecule has 0 spiro atoms. The Kier molecular flexibility index (Phi) is 3.32. The number of hydrogen-bond acceptors (Lipinski definition) is 3. The normalized spacial score (nSPS) is 10.3. The van der Waals surface area contributed by atoms with Crippen LogP contribution >= 0.6 is 0 Å². The van der Waals surface area contributed by atoms with Gasteiger partial charge in [0.05, 0.1) is 0 Å². The summed E-state index contributed by atoms with van der Waals surface area (Å²) in [6.45, 7) is 4.17. The third-order valence-corrected chi connectivity index (χ3v) is 2.55. The van der Waals surface area contributed by atoms with Gasteiger partial charge < -0.3 is 5.32 Å². The number of hydrogen-bond donors (Lipinski definition) is 1. The van der Waals surface area contributed by atoms with Gasteiger partial charge in [-0.2, -0.15) is 0 Å². The quantitative estimate of drug-likeness (QED) is 0.882. The van der Waals surface area contributed by atoms with E-state index in [0.29, 0.717) is 17.7 Å². The first-order valence-electron chi connectivity index (χ1n) is 5.42. The van der Waals surface area contributed by atoms with Gasteiger partial charge in [0.15, 0.2) is 0 Å². The van der Waals surface area contributed by atoms with Crippen LogP contribution in [0.5, 0.6) is 0 Å². The molecule has 0 atom stereocenters. The molecule has 0 aliphatic rings. The van der Waals surface area contributed by atoms with E-state index in [1.807, 2.05) is 12.1 Å². The van der Waals surface area contributed by atoms with Crippen LogP contribution in [0, 0.1) is 19.7 Å². The lowest BCUT2D eigenvalue weighted by Gasteiger charge is -2.08. The van der Waals surface area contributed by atoms with E-state index < -0.39 is 0 Å². The molecule has 0 aliphatic heterocycles. The molecule has 1 aromatic heterocycles. The number of aromatic nitrogens is 2. The van der Waals surface area contributed by atoms with Gasteiger partial charge in [-0.3, -0.25) is 0 Å². The van der Waals surface area contributed by atoms with Crippen molar-refractivity contribution in [3.63, 3.8) is 0 Å². The van der Waals surface area contributed by atoms with Gasteiger partial charge in [-0.1, -0.05) is 12.1 Å². The van der Waals surface area contributed by atoms with Crippen LogP contribution in [0.4, 0.5) is 10.2 Å². The molecule has 1 aromatic carbocycles. The molecule has 1 N–H and O–H groups in total. The van der Waals surface area contributed by atoms with Crippen LogP contribution in [0.1, 0.15) is 16.7 Å². The lowest BCUT2D eigenvalue weighted by molar-refractivity contribution is 0.608. The second kappa shape index (κ2) is 4.91. The predicted molar refractivity (Wildman–Crippen MR) is 65.2 cm³/mol. The summed E-state index contributed by atoms with van der Waals surface area (Å²) in [6.07, 6.45) is 3.17. The molecule has 2 aromatic rings. The highest BCUT2D eigenvalue weighted by atomic mass is 19.1. The molecule has 0 fully saturated rings. The van der Waals surface area contributed by atoms with E-state index >= 15 is 0 Å². The minimum absolute atomic E-state index is 0.129. The van der Waals surface area contributed by atoms with Gasteiger partial charge in [-0.15, -0.1) is 0 Å². The summed E-state index contributed by atoms with van der Waals surface area (Å²) in [7, 11) is 0. The van der Waals surface area contributed by atoms with E-state index in [9.17, 15) is 4.39 Å². The van der Waals surface area contributed by atoms with Gasteiger partial charge in [0.2, 0.25) is 0 Å². The zero-order valence-corrected chi connectivity index (χ0v) is 9.87. The Labute approximate surface area is 99.7 Å². The Bertz CT molecular complexity index is 488. The Morgan fingerprint density at radius 3 is 2.53 bits per heavy atom. The fourth-order valence-corrected chi connectivity index (χ4v) is 1.73. The van der Waals surface area contributed by atoms with E-state index in [0.717, 1.165) is 11.4 Å². The van der Waals surface area contributed by atoms with Crippen molar-refractivity contribution in [2.24, 2.45) is 0 Å². The highest BCUT2D eigenvalue weighted by molar-refractivity contribution is 5.36. The molecule has 0 saturated carbocycles. The van der Waals surface area contributed by atoms with Crippen LogP contribution in [-0.2, 0) is 6.54 Å². The number of anilines is 1. The second-order valence-electron chi connectivity index (χ2n) is 3.99. The van der Waals surface area contributed by atoms with Crippen molar-refractivity contribution in [1.82, 2.24) is 9.97 Å². The summed E-state index contributed by atoms with van der Waals surface area (Å²) in [5, 5.41) is 3.16. The minimum Gasteiger partial charge on any atom is -0.366 e. The Morgan fingerprint density at radius 2 is 1.94 bits per heavy atom. The summed E-state index contributed by atoms with van der Waals surface area (Å²) < 4.78 is 13.4. The molecule has 1 heterocycles. The van der Waals surface area contributed by atoms with Crippen molar-refractivity contribution < 1.29 is 4.39 Å². The number of nitrogens with zero attached hydrogens (tertiary/aromatic N) is 2. The maximum Gasteiger partial charge on any atom is 0.129 e. The fraction of sp³-hybridized carbons (Fsp3) is 0.231. The van der Waals surface area contributed by atoms with Crippen LogP contribution in [0.3, 0.4) is 0 Å². The van der Waals surface area contributed by atoms with Crippen molar-refractivity contribution in [1.29, 1.82) is 0 Å². The molecule has 2 rings (SSSR count). The van der Waals surface area contributed by atoms with E-state index in [1.54, 1.807) is 26.1 Å². The van der Waals surface area contributed by atoms with Gasteiger partial charge in [-0.05, 0) is 36.6 Å². The van der Waals surface area contributed by atoms with Crippen molar-refractivity contribution in [3.05, 3.63) is 53.2 Å². The summed E-state index contributed by atoms with van der Waals surface area (Å²) in [6, 6.07) is 5.48. The average molecular weight is 231 g/mol. The summed E-state index contributed by atoms with van der Waals surface area (Å²) in [4.78, 5) is 7.90. The van der Waals surface area contributed by atoms with Crippen molar-refractivity contribution >= 4 is 5.82 Å². The molecule has 0 bridgehead atoms. The molecule has 0 saturated heterocycles. The topological polar surface area (TPSA) is 37.8 Å². The van der Waals surface area contributed by atoms with Gasteiger partial charge in [0.25, 0.3) is 0 Å². The fourth-order valence-electron chi connectivity index (χ4n) is 1.73. The first-order valence-corrected chi connectivity index (χ1v) is 5.42. The zero-order valence-electron chi connectivity index (χ0n) is 9.87. The lowest BCUT2D eigenvalue weighted by Crippen LogP contribution is -2.03. The monoisotopic (exact) mass is 231 g/mol.